The Morgan fingerprint density at radius 2 is 2.06 bits per heavy atom. The quantitative estimate of drug-likeness (QED) is 0.827. The van der Waals surface area contributed by atoms with Gasteiger partial charge in [0.1, 0.15) is 0 Å². The molecule has 0 saturated heterocycles. The third-order valence-corrected chi connectivity index (χ3v) is 4.55. The van der Waals surface area contributed by atoms with Crippen LogP contribution >= 0.6 is 11.3 Å². The van der Waals surface area contributed by atoms with E-state index in [2.05, 4.69) is 23.8 Å². The van der Waals surface area contributed by atoms with Crippen molar-refractivity contribution in [3.63, 3.8) is 0 Å². The Hall–Kier alpha value is -0.380. The summed E-state index contributed by atoms with van der Waals surface area (Å²) in [6, 6.07) is 2.17. The molecule has 2 rings (SSSR count). The van der Waals surface area contributed by atoms with Gasteiger partial charge in [0.25, 0.3) is 0 Å². The molecule has 1 aliphatic carbocycles. The highest BCUT2D eigenvalue weighted by molar-refractivity contribution is 7.07. The van der Waals surface area contributed by atoms with E-state index < -0.39 is 0 Å². The SMILES string of the molecule is CCOC1(C(N)c2ccsc2)CCCCCC1. The van der Waals surface area contributed by atoms with E-state index in [0.29, 0.717) is 0 Å². The van der Waals surface area contributed by atoms with Crippen molar-refractivity contribution in [2.24, 2.45) is 5.73 Å². The monoisotopic (exact) mass is 253 g/mol. The van der Waals surface area contributed by atoms with Crippen molar-refractivity contribution in [2.45, 2.75) is 57.1 Å². The lowest BCUT2D eigenvalue weighted by Gasteiger charge is -2.38. The summed E-state index contributed by atoms with van der Waals surface area (Å²) < 4.78 is 6.12. The predicted octanol–water partition coefficient (Wildman–Crippen LogP) is 3.88. The molecule has 1 aromatic heterocycles. The molecule has 0 aromatic carbocycles. The second-order valence-corrected chi connectivity index (χ2v) is 5.73. The molecule has 1 aliphatic rings. The van der Waals surface area contributed by atoms with E-state index in [1.54, 1.807) is 11.3 Å². The van der Waals surface area contributed by atoms with E-state index in [-0.39, 0.29) is 11.6 Å². The van der Waals surface area contributed by atoms with Crippen LogP contribution in [0.1, 0.15) is 57.1 Å². The molecule has 1 heterocycles. The minimum absolute atomic E-state index is 0.0341. The Kier molecular flexibility index (Phi) is 4.60. The zero-order valence-electron chi connectivity index (χ0n) is 10.7. The van der Waals surface area contributed by atoms with Crippen LogP contribution in [0.4, 0.5) is 0 Å². The molecule has 1 atom stereocenters. The first-order valence-corrected chi connectivity index (χ1v) is 7.64. The van der Waals surface area contributed by atoms with Crippen molar-refractivity contribution in [2.75, 3.05) is 6.61 Å². The van der Waals surface area contributed by atoms with Crippen LogP contribution in [0, 0.1) is 0 Å². The topological polar surface area (TPSA) is 35.2 Å². The Bertz CT molecular complexity index is 315. The van der Waals surface area contributed by atoms with Gasteiger partial charge < -0.3 is 10.5 Å². The number of rotatable bonds is 4. The minimum Gasteiger partial charge on any atom is -0.373 e. The molecule has 17 heavy (non-hydrogen) atoms. The summed E-state index contributed by atoms with van der Waals surface area (Å²) in [6.07, 6.45) is 7.36. The second-order valence-electron chi connectivity index (χ2n) is 4.95. The summed E-state index contributed by atoms with van der Waals surface area (Å²) in [7, 11) is 0. The van der Waals surface area contributed by atoms with Gasteiger partial charge in [0, 0.05) is 6.61 Å². The van der Waals surface area contributed by atoms with Gasteiger partial charge in [-0.05, 0) is 42.2 Å². The Morgan fingerprint density at radius 1 is 1.35 bits per heavy atom. The van der Waals surface area contributed by atoms with Crippen molar-refractivity contribution in [3.05, 3.63) is 22.4 Å². The van der Waals surface area contributed by atoms with Crippen LogP contribution in [0.25, 0.3) is 0 Å². The summed E-state index contributed by atoms with van der Waals surface area (Å²) in [6.45, 7) is 2.84. The van der Waals surface area contributed by atoms with Crippen molar-refractivity contribution in [1.29, 1.82) is 0 Å². The lowest BCUT2D eigenvalue weighted by Crippen LogP contribution is -2.43. The molecule has 1 fully saturated rings. The summed E-state index contributed by atoms with van der Waals surface area (Å²) in [4.78, 5) is 0. The lowest BCUT2D eigenvalue weighted by atomic mass is 9.83. The molecular formula is C14H23NOS. The minimum atomic E-state index is -0.119. The summed E-state index contributed by atoms with van der Waals surface area (Å²) in [5, 5.41) is 4.27. The first kappa shape index (κ1) is 13.1. The van der Waals surface area contributed by atoms with Gasteiger partial charge >= 0.3 is 0 Å². The number of nitrogens with two attached hydrogens (primary N) is 1. The molecule has 2 N–H and O–H groups in total. The normalized spacial score (nSPS) is 22.0. The van der Waals surface area contributed by atoms with Crippen molar-refractivity contribution in [1.82, 2.24) is 0 Å². The van der Waals surface area contributed by atoms with E-state index in [4.69, 9.17) is 10.5 Å². The number of hydrogen-bond acceptors (Lipinski definition) is 3. The summed E-state index contributed by atoms with van der Waals surface area (Å²) >= 11 is 1.72. The average molecular weight is 253 g/mol. The molecule has 1 aromatic rings. The molecular weight excluding hydrogens is 230 g/mol. The highest BCUT2D eigenvalue weighted by atomic mass is 32.1. The van der Waals surface area contributed by atoms with Gasteiger partial charge in [-0.3, -0.25) is 0 Å². The van der Waals surface area contributed by atoms with Crippen LogP contribution in [-0.2, 0) is 4.74 Å². The van der Waals surface area contributed by atoms with Crippen molar-refractivity contribution < 1.29 is 4.74 Å². The van der Waals surface area contributed by atoms with E-state index >= 15 is 0 Å². The molecule has 0 amide bonds. The van der Waals surface area contributed by atoms with E-state index in [0.717, 1.165) is 19.4 Å². The third-order valence-electron chi connectivity index (χ3n) is 3.85. The molecule has 2 nitrogen and oxygen atoms in total. The smallest absolute Gasteiger partial charge is 0.0874 e. The van der Waals surface area contributed by atoms with Gasteiger partial charge in [-0.1, -0.05) is 25.7 Å². The molecule has 96 valence electrons. The summed E-state index contributed by atoms with van der Waals surface area (Å²) in [5.74, 6) is 0. The fourth-order valence-electron chi connectivity index (χ4n) is 2.92. The van der Waals surface area contributed by atoms with E-state index in [9.17, 15) is 0 Å². The lowest BCUT2D eigenvalue weighted by molar-refractivity contribution is -0.0695. The number of thiophene rings is 1. The molecule has 1 unspecified atom stereocenters. The zero-order chi connectivity index (χ0) is 12.1. The van der Waals surface area contributed by atoms with Gasteiger partial charge in [-0.25, -0.2) is 0 Å². The molecule has 1 saturated carbocycles. The van der Waals surface area contributed by atoms with Crippen LogP contribution in [-0.4, -0.2) is 12.2 Å². The molecule has 0 radical (unpaired) electrons. The first-order chi connectivity index (χ1) is 8.28. The van der Waals surface area contributed by atoms with Crippen molar-refractivity contribution in [3.8, 4) is 0 Å². The number of ether oxygens (including phenoxy) is 1. The largest absolute Gasteiger partial charge is 0.373 e. The second kappa shape index (κ2) is 5.98. The Balaban J connectivity index is 2.19. The van der Waals surface area contributed by atoms with Crippen LogP contribution in [0.15, 0.2) is 16.8 Å². The van der Waals surface area contributed by atoms with Crippen LogP contribution in [0.2, 0.25) is 0 Å². The fraction of sp³-hybridized carbons (Fsp3) is 0.714. The zero-order valence-corrected chi connectivity index (χ0v) is 11.5. The molecule has 0 aliphatic heterocycles. The maximum atomic E-state index is 6.49. The van der Waals surface area contributed by atoms with Crippen molar-refractivity contribution >= 4 is 11.3 Å². The van der Waals surface area contributed by atoms with E-state index in [1.165, 1.54) is 31.2 Å². The maximum absolute atomic E-state index is 6.49. The Morgan fingerprint density at radius 3 is 2.59 bits per heavy atom. The van der Waals surface area contributed by atoms with Gasteiger partial charge in [0.05, 0.1) is 11.6 Å². The van der Waals surface area contributed by atoms with Crippen LogP contribution < -0.4 is 5.73 Å². The van der Waals surface area contributed by atoms with Gasteiger partial charge in [-0.2, -0.15) is 11.3 Å². The van der Waals surface area contributed by atoms with Gasteiger partial charge in [0.2, 0.25) is 0 Å². The average Bonchev–Trinajstić information content (AvgIpc) is 2.76. The molecule has 0 bridgehead atoms. The number of hydrogen-bond donors (Lipinski definition) is 1. The standard InChI is InChI=1S/C14H23NOS/c1-2-16-14(8-5-3-4-6-9-14)13(15)12-7-10-17-11-12/h7,10-11,13H,2-6,8-9,15H2,1H3. The first-order valence-electron chi connectivity index (χ1n) is 6.70. The predicted molar refractivity (Wildman–Crippen MR) is 73.3 cm³/mol. The maximum Gasteiger partial charge on any atom is 0.0874 e. The van der Waals surface area contributed by atoms with Crippen LogP contribution in [0.3, 0.4) is 0 Å². The van der Waals surface area contributed by atoms with Crippen LogP contribution in [0.5, 0.6) is 0 Å². The fourth-order valence-corrected chi connectivity index (χ4v) is 3.61. The summed E-state index contributed by atoms with van der Waals surface area (Å²) in [5.41, 5.74) is 7.61. The van der Waals surface area contributed by atoms with Gasteiger partial charge in [-0.15, -0.1) is 0 Å². The molecule has 3 heteroatoms. The van der Waals surface area contributed by atoms with Gasteiger partial charge in [0.15, 0.2) is 0 Å². The highest BCUT2D eigenvalue weighted by Crippen LogP contribution is 2.39. The highest BCUT2D eigenvalue weighted by Gasteiger charge is 2.38. The molecule has 0 spiro atoms. The Labute approximate surface area is 108 Å². The van der Waals surface area contributed by atoms with E-state index in [1.807, 2.05) is 0 Å². The third kappa shape index (κ3) is 2.90.